The maximum atomic E-state index is 13.3. The molecule has 3 aromatic rings. The minimum Gasteiger partial charge on any atom is -0.496 e. The molecule has 1 amide bonds. The molecule has 27 heavy (non-hydrogen) atoms. The number of nitrogens with one attached hydrogen (secondary N) is 1. The number of aromatic nitrogens is 4. The first-order valence-electron chi connectivity index (χ1n) is 9.02. The molecule has 3 heterocycles. The average molecular weight is 369 g/mol. The maximum Gasteiger partial charge on any atom is 0.270 e. The SMILES string of the molecule is COc1ccc(OC)c2[nH]c(C(=O)N3CCCCC3c3nncn3C)cc12. The zero-order valence-electron chi connectivity index (χ0n) is 15.7. The van der Waals surface area contributed by atoms with Gasteiger partial charge in [0.25, 0.3) is 5.91 Å². The van der Waals surface area contributed by atoms with E-state index in [2.05, 4.69) is 15.2 Å². The van der Waals surface area contributed by atoms with Crippen LogP contribution in [0.5, 0.6) is 11.5 Å². The zero-order valence-corrected chi connectivity index (χ0v) is 15.7. The summed E-state index contributed by atoms with van der Waals surface area (Å²) in [6, 6.07) is 5.43. The maximum absolute atomic E-state index is 13.3. The van der Waals surface area contributed by atoms with Crippen LogP contribution in [0.3, 0.4) is 0 Å². The van der Waals surface area contributed by atoms with E-state index in [-0.39, 0.29) is 11.9 Å². The van der Waals surface area contributed by atoms with E-state index in [9.17, 15) is 4.79 Å². The van der Waals surface area contributed by atoms with Gasteiger partial charge in [-0.1, -0.05) is 0 Å². The van der Waals surface area contributed by atoms with Gasteiger partial charge in [0.1, 0.15) is 23.5 Å². The lowest BCUT2D eigenvalue weighted by molar-refractivity contribution is 0.0591. The molecule has 8 heteroatoms. The molecule has 1 N–H and O–H groups in total. The van der Waals surface area contributed by atoms with Gasteiger partial charge in [0.2, 0.25) is 0 Å². The highest BCUT2D eigenvalue weighted by molar-refractivity contribution is 6.01. The third-order valence-corrected chi connectivity index (χ3v) is 5.19. The molecular weight excluding hydrogens is 346 g/mol. The molecule has 0 radical (unpaired) electrons. The van der Waals surface area contributed by atoms with Crippen molar-refractivity contribution < 1.29 is 14.3 Å². The number of methoxy groups -OCH3 is 2. The Morgan fingerprint density at radius 1 is 1.22 bits per heavy atom. The lowest BCUT2D eigenvalue weighted by Gasteiger charge is -2.34. The quantitative estimate of drug-likeness (QED) is 0.764. The molecule has 1 aliphatic rings. The van der Waals surface area contributed by atoms with Gasteiger partial charge in [-0.05, 0) is 37.5 Å². The smallest absolute Gasteiger partial charge is 0.270 e. The number of amides is 1. The van der Waals surface area contributed by atoms with E-state index in [1.807, 2.05) is 34.7 Å². The first-order chi connectivity index (χ1) is 13.1. The molecule has 4 rings (SSSR count). The molecule has 8 nitrogen and oxygen atoms in total. The van der Waals surface area contributed by atoms with Gasteiger partial charge in [-0.2, -0.15) is 0 Å². The Morgan fingerprint density at radius 2 is 2.00 bits per heavy atom. The van der Waals surface area contributed by atoms with Crippen LogP contribution in [-0.2, 0) is 7.05 Å². The van der Waals surface area contributed by atoms with Crippen LogP contribution in [0.15, 0.2) is 24.5 Å². The lowest BCUT2D eigenvalue weighted by Crippen LogP contribution is -2.39. The second-order valence-electron chi connectivity index (χ2n) is 6.75. The molecule has 1 aromatic carbocycles. The third-order valence-electron chi connectivity index (χ3n) is 5.19. The van der Waals surface area contributed by atoms with Crippen LogP contribution < -0.4 is 9.47 Å². The molecule has 1 fully saturated rings. The van der Waals surface area contributed by atoms with Crippen molar-refractivity contribution in [3.63, 3.8) is 0 Å². The topological polar surface area (TPSA) is 85.3 Å². The average Bonchev–Trinajstić information content (AvgIpc) is 3.33. The van der Waals surface area contributed by atoms with Gasteiger partial charge in [0.15, 0.2) is 5.82 Å². The van der Waals surface area contributed by atoms with Gasteiger partial charge in [-0.15, -0.1) is 10.2 Å². The number of fused-ring (bicyclic) bond motifs is 1. The number of rotatable bonds is 4. The van der Waals surface area contributed by atoms with Crippen molar-refractivity contribution in [1.29, 1.82) is 0 Å². The number of carbonyl (C=O) groups excluding carboxylic acids is 1. The summed E-state index contributed by atoms with van der Waals surface area (Å²) in [6.07, 6.45) is 4.60. The second-order valence-corrected chi connectivity index (χ2v) is 6.75. The summed E-state index contributed by atoms with van der Waals surface area (Å²) in [5.74, 6) is 2.13. The Morgan fingerprint density at radius 3 is 2.70 bits per heavy atom. The molecule has 142 valence electrons. The number of nitrogens with zero attached hydrogens (tertiary/aromatic N) is 4. The van der Waals surface area contributed by atoms with Gasteiger partial charge in [0, 0.05) is 19.0 Å². The van der Waals surface area contributed by atoms with Crippen LogP contribution in [-0.4, -0.2) is 51.3 Å². The van der Waals surface area contributed by atoms with Crippen LogP contribution in [0.1, 0.15) is 41.6 Å². The van der Waals surface area contributed by atoms with Crippen LogP contribution in [0.4, 0.5) is 0 Å². The Labute approximate surface area is 157 Å². The van der Waals surface area contributed by atoms with E-state index in [0.717, 1.165) is 36.0 Å². The van der Waals surface area contributed by atoms with Crippen molar-refractivity contribution >= 4 is 16.8 Å². The molecule has 0 saturated carbocycles. The van der Waals surface area contributed by atoms with Gasteiger partial charge >= 0.3 is 0 Å². The highest BCUT2D eigenvalue weighted by atomic mass is 16.5. The molecule has 1 unspecified atom stereocenters. The number of H-pyrrole nitrogens is 1. The Balaban J connectivity index is 1.74. The fraction of sp³-hybridized carbons (Fsp3) is 0.421. The molecular formula is C19H23N5O3. The normalized spacial score (nSPS) is 17.3. The summed E-state index contributed by atoms with van der Waals surface area (Å²) in [7, 11) is 5.13. The molecule has 1 aliphatic heterocycles. The van der Waals surface area contributed by atoms with E-state index in [4.69, 9.17) is 9.47 Å². The number of aryl methyl sites for hydroxylation is 1. The number of hydrogen-bond acceptors (Lipinski definition) is 5. The monoisotopic (exact) mass is 369 g/mol. The molecule has 0 spiro atoms. The molecule has 2 aromatic heterocycles. The van der Waals surface area contributed by atoms with Crippen LogP contribution in [0.2, 0.25) is 0 Å². The van der Waals surface area contributed by atoms with Gasteiger partial charge in [-0.25, -0.2) is 0 Å². The predicted octanol–water partition coefficient (Wildman–Crippen LogP) is 2.68. The van der Waals surface area contributed by atoms with Crippen molar-refractivity contribution in [2.75, 3.05) is 20.8 Å². The summed E-state index contributed by atoms with van der Waals surface area (Å²) in [5, 5.41) is 9.04. The minimum atomic E-state index is -0.0750. The zero-order chi connectivity index (χ0) is 19.0. The fourth-order valence-electron chi connectivity index (χ4n) is 3.82. The number of carbonyl (C=O) groups is 1. The number of likely N-dealkylation sites (tertiary alicyclic amines) is 1. The summed E-state index contributed by atoms with van der Waals surface area (Å²) >= 11 is 0. The molecule has 1 saturated heterocycles. The Kier molecular flexibility index (Phi) is 4.47. The van der Waals surface area contributed by atoms with Crippen molar-refractivity contribution in [3.8, 4) is 11.5 Å². The fourth-order valence-corrected chi connectivity index (χ4v) is 3.82. The van der Waals surface area contributed by atoms with Crippen molar-refractivity contribution in [1.82, 2.24) is 24.6 Å². The first kappa shape index (κ1) is 17.4. The van der Waals surface area contributed by atoms with Crippen molar-refractivity contribution in [3.05, 3.63) is 36.0 Å². The standard InChI is InChI=1S/C19H23N5O3/c1-23-11-20-22-18(23)14-6-4-5-9-24(14)19(25)13-10-12-15(26-2)7-8-16(27-3)17(12)21-13/h7-8,10-11,14,21H,4-6,9H2,1-3H3. The number of piperidine rings is 1. The van der Waals surface area contributed by atoms with E-state index >= 15 is 0 Å². The number of ether oxygens (including phenoxy) is 2. The van der Waals surface area contributed by atoms with Gasteiger partial charge < -0.3 is 23.9 Å². The molecule has 0 aliphatic carbocycles. The van der Waals surface area contributed by atoms with E-state index < -0.39 is 0 Å². The predicted molar refractivity (Wildman–Crippen MR) is 100 cm³/mol. The minimum absolute atomic E-state index is 0.0528. The highest BCUT2D eigenvalue weighted by Crippen LogP contribution is 2.35. The molecule has 1 atom stereocenters. The largest absolute Gasteiger partial charge is 0.496 e. The van der Waals surface area contributed by atoms with Gasteiger partial charge in [0.05, 0.1) is 25.8 Å². The number of benzene rings is 1. The van der Waals surface area contributed by atoms with E-state index in [0.29, 0.717) is 23.7 Å². The third kappa shape index (κ3) is 2.90. The van der Waals surface area contributed by atoms with Crippen LogP contribution in [0, 0.1) is 0 Å². The second kappa shape index (κ2) is 6.94. The Hall–Kier alpha value is -3.03. The molecule has 0 bridgehead atoms. The van der Waals surface area contributed by atoms with E-state index in [1.165, 1.54) is 0 Å². The van der Waals surface area contributed by atoms with E-state index in [1.54, 1.807) is 20.5 Å². The first-order valence-corrected chi connectivity index (χ1v) is 9.02. The highest BCUT2D eigenvalue weighted by Gasteiger charge is 2.32. The van der Waals surface area contributed by atoms with Crippen molar-refractivity contribution in [2.24, 2.45) is 7.05 Å². The van der Waals surface area contributed by atoms with Gasteiger partial charge in [-0.3, -0.25) is 4.79 Å². The summed E-state index contributed by atoms with van der Waals surface area (Å²) in [5.41, 5.74) is 1.27. The van der Waals surface area contributed by atoms with Crippen LogP contribution in [0.25, 0.3) is 10.9 Å². The summed E-state index contributed by atoms with van der Waals surface area (Å²) in [6.45, 7) is 0.694. The Bertz CT molecular complexity index is 936. The van der Waals surface area contributed by atoms with Crippen molar-refractivity contribution in [2.45, 2.75) is 25.3 Å². The summed E-state index contributed by atoms with van der Waals surface area (Å²) < 4.78 is 12.7. The number of hydrogen-bond donors (Lipinski definition) is 1. The lowest BCUT2D eigenvalue weighted by atomic mass is 10.0. The number of aromatic amines is 1. The summed E-state index contributed by atoms with van der Waals surface area (Å²) in [4.78, 5) is 18.5. The van der Waals surface area contributed by atoms with Crippen LogP contribution >= 0.6 is 0 Å².